The first-order valence-electron chi connectivity index (χ1n) is 30.2. The van der Waals surface area contributed by atoms with Gasteiger partial charge in [-0.1, -0.05) is 203 Å². The van der Waals surface area contributed by atoms with Crippen LogP contribution in [0.1, 0.15) is 117 Å². The van der Waals surface area contributed by atoms with Crippen molar-refractivity contribution >= 4 is 76.5 Å². The zero-order valence-electron chi connectivity index (χ0n) is 53.3. The van der Waals surface area contributed by atoms with Gasteiger partial charge in [-0.25, -0.2) is 4.98 Å². The van der Waals surface area contributed by atoms with Crippen molar-refractivity contribution in [3.8, 4) is 28.4 Å². The standard InChI is InChI=1S/C70H65N4O.Pt/c1-67(2,3)45-33-34-71-64(40-45)74-61-30-18-17-27-57(61)58-32-31-51(42-62(58)74)75-50-22-19-21-49(41-50)72-43-73-65-52(44-35-46(68(4,5)6)37-47(36-44)69(7,8)9)28-20-29-59(65)55-25-15-13-23-53(55)54-24-14-16-26-56(54)60-38-48(70(10,11)12)39-63(72)66(60)73;/h13-40,43H,1-12H3;/q-3;/i4D3,5D3,6D3;. The Kier molecular flexibility index (Phi) is 9.93. The molecule has 0 saturated carbocycles. The quantitative estimate of drug-likeness (QED) is 0.161. The normalized spacial score (nSPS) is 15.2. The molecule has 76 heavy (non-hydrogen) atoms. The third kappa shape index (κ3) is 8.81. The van der Waals surface area contributed by atoms with Crippen LogP contribution >= 0.6 is 0 Å². The van der Waals surface area contributed by atoms with Gasteiger partial charge < -0.3 is 18.8 Å². The SMILES string of the molecule is [2H]C([2H])([2H])C(c1cc(-c2cccc3c4ccccc4c4ccccc4c4cc(C(C)(C)C)cc5c4n(c23)[CH-]N5c2[c-]c(Oc3[c-]c4c(cc3)c3ccccc3n4-c3cc(C(C)(C)C)ccn3)ccc2)cc(C(C)(C)C)c1)(C([2H])([2H])[2H])C([2H])([2H])[2H].[Pt]. The van der Waals surface area contributed by atoms with Crippen LogP contribution in [0.3, 0.4) is 0 Å². The number of benzene rings is 8. The molecule has 384 valence electrons. The number of hydrogen-bond donors (Lipinski definition) is 0. The van der Waals surface area contributed by atoms with E-state index in [-0.39, 0.29) is 37.5 Å². The van der Waals surface area contributed by atoms with Gasteiger partial charge in [0.25, 0.3) is 0 Å². The molecule has 0 N–H and O–H groups in total. The second-order valence-corrected chi connectivity index (χ2v) is 23.2. The van der Waals surface area contributed by atoms with Crippen molar-refractivity contribution in [1.29, 1.82) is 0 Å². The van der Waals surface area contributed by atoms with E-state index >= 15 is 0 Å². The van der Waals surface area contributed by atoms with Crippen LogP contribution in [-0.2, 0) is 42.7 Å². The average molecular weight is 1180 g/mol. The van der Waals surface area contributed by atoms with Crippen molar-refractivity contribution in [2.24, 2.45) is 0 Å². The van der Waals surface area contributed by atoms with E-state index in [0.29, 0.717) is 39.4 Å². The van der Waals surface area contributed by atoms with Crippen molar-refractivity contribution in [3.63, 3.8) is 0 Å². The van der Waals surface area contributed by atoms with E-state index < -0.39 is 31.4 Å². The molecule has 0 aliphatic carbocycles. The summed E-state index contributed by atoms with van der Waals surface area (Å²) in [7, 11) is 0. The second-order valence-electron chi connectivity index (χ2n) is 23.2. The number of nitrogens with zero attached hydrogens (tertiary/aromatic N) is 4. The summed E-state index contributed by atoms with van der Waals surface area (Å²) in [6.07, 6.45) is 1.86. The number of rotatable bonds is 5. The van der Waals surface area contributed by atoms with Crippen LogP contribution in [-0.4, -0.2) is 14.1 Å². The Bertz CT molecular complexity index is 4510. The molecule has 0 saturated heterocycles. The van der Waals surface area contributed by atoms with Crippen LogP contribution in [0, 0.1) is 18.8 Å². The van der Waals surface area contributed by atoms with Crippen molar-refractivity contribution < 1.29 is 38.1 Å². The Balaban J connectivity index is 0.00000752. The largest absolute Gasteiger partial charge is 0.509 e. The summed E-state index contributed by atoms with van der Waals surface area (Å²) in [5, 5.41) is 7.78. The first kappa shape index (κ1) is 40.9. The molecule has 11 aromatic rings. The van der Waals surface area contributed by atoms with Crippen LogP contribution in [0.15, 0.2) is 170 Å². The van der Waals surface area contributed by atoms with Gasteiger partial charge in [0.15, 0.2) is 0 Å². The van der Waals surface area contributed by atoms with Crippen LogP contribution in [0.5, 0.6) is 11.5 Å². The number of anilines is 2. The zero-order chi connectivity index (χ0) is 59.8. The van der Waals surface area contributed by atoms with E-state index in [2.05, 4.69) is 159 Å². The Morgan fingerprint density at radius 1 is 0.487 bits per heavy atom. The third-order valence-electron chi connectivity index (χ3n) is 14.9. The van der Waals surface area contributed by atoms with E-state index in [0.717, 1.165) is 82.3 Å². The van der Waals surface area contributed by atoms with Crippen molar-refractivity contribution in [2.45, 2.75) is 105 Å². The Hall–Kier alpha value is -7.33. The molecule has 0 amide bonds. The van der Waals surface area contributed by atoms with E-state index in [9.17, 15) is 0 Å². The second kappa shape index (κ2) is 18.5. The Morgan fingerprint density at radius 3 is 1.74 bits per heavy atom. The van der Waals surface area contributed by atoms with Gasteiger partial charge in [0.05, 0.1) is 0 Å². The third-order valence-corrected chi connectivity index (χ3v) is 14.9. The molecule has 3 aromatic heterocycles. The maximum atomic E-state index is 8.85. The van der Waals surface area contributed by atoms with E-state index in [4.69, 9.17) is 22.1 Å². The molecule has 1 aliphatic heterocycles. The zero-order valence-corrected chi connectivity index (χ0v) is 46.5. The average Bonchev–Trinajstić information content (AvgIpc) is 1.45. The van der Waals surface area contributed by atoms with Gasteiger partial charge in [0.1, 0.15) is 5.82 Å². The molecular weight excluding hydrogens is 1110 g/mol. The molecule has 0 spiro atoms. The topological polar surface area (TPSA) is 35.2 Å². The van der Waals surface area contributed by atoms with Gasteiger partial charge in [0.2, 0.25) is 0 Å². The molecular formula is C70H65N4OPt-3. The van der Waals surface area contributed by atoms with Gasteiger partial charge >= 0.3 is 0 Å². The first-order valence-corrected chi connectivity index (χ1v) is 25.7. The van der Waals surface area contributed by atoms with Crippen LogP contribution in [0.2, 0.25) is 0 Å². The van der Waals surface area contributed by atoms with Crippen molar-refractivity contribution in [2.75, 3.05) is 4.90 Å². The van der Waals surface area contributed by atoms with E-state index in [1.54, 1.807) is 0 Å². The Morgan fingerprint density at radius 2 is 1.07 bits per heavy atom. The van der Waals surface area contributed by atoms with Crippen molar-refractivity contribution in [3.05, 3.63) is 211 Å². The number of fused-ring (bicyclic) bond motifs is 10. The molecule has 0 atom stereocenters. The maximum absolute atomic E-state index is 8.85. The van der Waals surface area contributed by atoms with Gasteiger partial charge in [-0.3, -0.25) is 0 Å². The minimum Gasteiger partial charge on any atom is -0.509 e. The molecule has 0 unspecified atom stereocenters. The number of ether oxygens (including phenoxy) is 1. The fourth-order valence-corrected chi connectivity index (χ4v) is 10.8. The molecule has 6 heteroatoms. The number of aromatic nitrogens is 3. The molecule has 12 rings (SSSR count). The summed E-state index contributed by atoms with van der Waals surface area (Å²) >= 11 is 0. The molecule has 0 fully saturated rings. The predicted octanol–water partition coefficient (Wildman–Crippen LogP) is 19.1. The summed E-state index contributed by atoms with van der Waals surface area (Å²) in [5.41, 5.74) is 4.12. The summed E-state index contributed by atoms with van der Waals surface area (Å²) in [6, 6.07) is 61.7. The number of hydrogen-bond acceptors (Lipinski definition) is 3. The summed E-state index contributed by atoms with van der Waals surface area (Å²) in [4.78, 5) is 7.00. The van der Waals surface area contributed by atoms with Crippen LogP contribution < -0.4 is 9.64 Å². The molecule has 0 radical (unpaired) electrons. The molecule has 5 nitrogen and oxygen atoms in total. The van der Waals surface area contributed by atoms with Gasteiger partial charge in [-0.15, -0.1) is 35.7 Å². The van der Waals surface area contributed by atoms with E-state index in [1.165, 1.54) is 12.1 Å². The smallest absolute Gasteiger partial charge is 0.135 e. The fourth-order valence-electron chi connectivity index (χ4n) is 10.8. The first-order chi connectivity index (χ1) is 39.5. The molecule has 4 heterocycles. The monoisotopic (exact) mass is 1180 g/mol. The molecule has 0 bridgehead atoms. The van der Waals surface area contributed by atoms with Crippen molar-refractivity contribution in [1.82, 2.24) is 14.1 Å². The molecule has 1 aliphatic rings. The maximum Gasteiger partial charge on any atom is 0.135 e. The van der Waals surface area contributed by atoms with E-state index in [1.807, 2.05) is 93.7 Å². The minimum atomic E-state index is -3.48. The number of pyridine rings is 1. The predicted molar refractivity (Wildman–Crippen MR) is 317 cm³/mol. The fraction of sp³-hybridized carbons (Fsp3) is 0.229. The Labute approximate surface area is 475 Å². The number of para-hydroxylation sites is 2. The minimum absolute atomic E-state index is 0. The van der Waals surface area contributed by atoms with Gasteiger partial charge in [-0.05, 0) is 135 Å². The van der Waals surface area contributed by atoms with Crippen LogP contribution in [0.4, 0.5) is 11.4 Å². The van der Waals surface area contributed by atoms with Gasteiger partial charge in [0, 0.05) is 62.3 Å². The summed E-state index contributed by atoms with van der Waals surface area (Å²) in [5.74, 6) is 1.72. The molecule has 8 aromatic carbocycles. The summed E-state index contributed by atoms with van der Waals surface area (Å²) < 4.78 is 90.8. The van der Waals surface area contributed by atoms with Crippen LogP contribution in [0.25, 0.3) is 82.1 Å². The van der Waals surface area contributed by atoms with Gasteiger partial charge in [-0.2, -0.15) is 12.1 Å². The summed E-state index contributed by atoms with van der Waals surface area (Å²) in [6.45, 7) is 10.6.